The van der Waals surface area contributed by atoms with Crippen LogP contribution in [0.15, 0.2) is 24.5 Å². The van der Waals surface area contributed by atoms with Gasteiger partial charge in [-0.3, -0.25) is 4.98 Å². The van der Waals surface area contributed by atoms with Crippen LogP contribution >= 0.6 is 0 Å². The molecule has 0 unspecified atom stereocenters. The predicted octanol–water partition coefficient (Wildman–Crippen LogP) is 0.675. The summed E-state index contributed by atoms with van der Waals surface area (Å²) < 4.78 is 0. The summed E-state index contributed by atoms with van der Waals surface area (Å²) in [7, 11) is 0. The van der Waals surface area contributed by atoms with Gasteiger partial charge in [0.05, 0.1) is 18.2 Å². The van der Waals surface area contributed by atoms with Crippen molar-refractivity contribution in [3.05, 3.63) is 24.5 Å². The van der Waals surface area contributed by atoms with Gasteiger partial charge in [0, 0.05) is 18.9 Å². The van der Waals surface area contributed by atoms with Crippen LogP contribution in [0, 0.1) is 11.3 Å². The summed E-state index contributed by atoms with van der Waals surface area (Å²) in [5.41, 5.74) is 0.875. The molecule has 0 aliphatic heterocycles. The van der Waals surface area contributed by atoms with Crippen molar-refractivity contribution < 1.29 is 0 Å². The highest BCUT2D eigenvalue weighted by Gasteiger charge is 1.98. The van der Waals surface area contributed by atoms with Crippen LogP contribution in [0.3, 0.4) is 0 Å². The molecule has 0 aliphatic carbocycles. The van der Waals surface area contributed by atoms with Gasteiger partial charge in [0.25, 0.3) is 0 Å². The van der Waals surface area contributed by atoms with E-state index in [0.29, 0.717) is 13.0 Å². The first-order chi connectivity index (χ1) is 5.84. The third-order valence-electron chi connectivity index (χ3n) is 1.46. The number of pyridine rings is 1. The van der Waals surface area contributed by atoms with Crippen molar-refractivity contribution >= 4 is 5.69 Å². The van der Waals surface area contributed by atoms with Crippen molar-refractivity contribution in [2.45, 2.75) is 6.42 Å². The Bertz CT molecular complexity index is 264. The van der Waals surface area contributed by atoms with E-state index in [4.69, 9.17) is 11.1 Å². The first-order valence-corrected chi connectivity index (χ1v) is 3.64. The third kappa shape index (κ3) is 2.22. The molecule has 12 heavy (non-hydrogen) atoms. The molecule has 0 spiro atoms. The van der Waals surface area contributed by atoms with Gasteiger partial charge in [-0.25, -0.2) is 5.84 Å². The minimum absolute atomic E-state index is 0.429. The Labute approximate surface area is 71.2 Å². The lowest BCUT2D eigenvalue weighted by molar-refractivity contribution is 0.844. The van der Waals surface area contributed by atoms with Crippen LogP contribution in [0.5, 0.6) is 0 Å². The number of nitriles is 1. The molecule has 0 aromatic carbocycles. The van der Waals surface area contributed by atoms with Crippen LogP contribution in [-0.2, 0) is 0 Å². The largest absolute Gasteiger partial charge is 0.310 e. The number of aromatic nitrogens is 1. The Morgan fingerprint density at radius 2 is 2.17 bits per heavy atom. The Balaban J connectivity index is 2.55. The van der Waals surface area contributed by atoms with Gasteiger partial charge in [0.1, 0.15) is 0 Å². The van der Waals surface area contributed by atoms with Gasteiger partial charge in [-0.1, -0.05) is 0 Å². The van der Waals surface area contributed by atoms with Gasteiger partial charge in [-0.05, 0) is 12.1 Å². The summed E-state index contributed by atoms with van der Waals surface area (Å²) in [5, 5.41) is 9.85. The van der Waals surface area contributed by atoms with Gasteiger partial charge in [0.15, 0.2) is 0 Å². The summed E-state index contributed by atoms with van der Waals surface area (Å²) in [6.45, 7) is 0.542. The van der Waals surface area contributed by atoms with Gasteiger partial charge in [-0.2, -0.15) is 5.26 Å². The van der Waals surface area contributed by atoms with Crippen LogP contribution in [-0.4, -0.2) is 11.5 Å². The molecule has 0 saturated carbocycles. The zero-order valence-corrected chi connectivity index (χ0v) is 6.64. The second-order valence-electron chi connectivity index (χ2n) is 2.31. The van der Waals surface area contributed by atoms with Crippen molar-refractivity contribution in [1.82, 2.24) is 4.98 Å². The van der Waals surface area contributed by atoms with Crippen molar-refractivity contribution in [2.24, 2.45) is 5.84 Å². The average molecular weight is 162 g/mol. The number of hydrogen-bond acceptors (Lipinski definition) is 4. The zero-order chi connectivity index (χ0) is 8.81. The van der Waals surface area contributed by atoms with Crippen molar-refractivity contribution in [1.29, 1.82) is 5.26 Å². The normalized spacial score (nSPS) is 9.00. The van der Waals surface area contributed by atoms with E-state index in [1.54, 1.807) is 24.5 Å². The lowest BCUT2D eigenvalue weighted by Gasteiger charge is -2.15. The summed E-state index contributed by atoms with van der Waals surface area (Å²) in [4.78, 5) is 3.86. The van der Waals surface area contributed by atoms with Crippen LogP contribution in [0.2, 0.25) is 0 Å². The number of nitrogens with zero attached hydrogens (tertiary/aromatic N) is 3. The maximum atomic E-state index is 8.32. The highest BCUT2D eigenvalue weighted by atomic mass is 15.4. The monoisotopic (exact) mass is 162 g/mol. The second-order valence-corrected chi connectivity index (χ2v) is 2.31. The molecular formula is C8H10N4. The maximum Gasteiger partial charge on any atom is 0.0641 e. The van der Waals surface area contributed by atoms with Crippen LogP contribution in [0.25, 0.3) is 0 Å². The lowest BCUT2D eigenvalue weighted by Crippen LogP contribution is -2.31. The minimum Gasteiger partial charge on any atom is -0.310 e. The molecule has 4 nitrogen and oxygen atoms in total. The minimum atomic E-state index is 0.429. The molecule has 0 amide bonds. The highest BCUT2D eigenvalue weighted by Crippen LogP contribution is 2.07. The Morgan fingerprint density at radius 3 is 2.75 bits per heavy atom. The van der Waals surface area contributed by atoms with Crippen molar-refractivity contribution in [2.75, 3.05) is 11.6 Å². The number of hydrogen-bond donors (Lipinski definition) is 1. The van der Waals surface area contributed by atoms with Crippen molar-refractivity contribution in [3.63, 3.8) is 0 Å². The third-order valence-corrected chi connectivity index (χ3v) is 1.46. The van der Waals surface area contributed by atoms with E-state index in [0.717, 1.165) is 5.69 Å². The molecule has 1 rings (SSSR count). The second kappa shape index (κ2) is 4.31. The topological polar surface area (TPSA) is 65.9 Å². The Hall–Kier alpha value is -1.60. The highest BCUT2D eigenvalue weighted by molar-refractivity contribution is 5.42. The average Bonchev–Trinajstić information content (AvgIpc) is 2.15. The smallest absolute Gasteiger partial charge is 0.0641 e. The number of hydrazine groups is 1. The standard InChI is InChI=1S/C8H10N4/c9-4-1-7-12(10)8-2-5-11-6-3-8/h2-3,5-6H,1,7,10H2. The fourth-order valence-corrected chi connectivity index (χ4v) is 0.835. The van der Waals surface area contributed by atoms with E-state index in [1.165, 1.54) is 5.01 Å². The molecule has 62 valence electrons. The summed E-state index contributed by atoms with van der Waals surface area (Å²) in [6, 6.07) is 5.64. The molecular weight excluding hydrogens is 152 g/mol. The fraction of sp³-hybridized carbons (Fsp3) is 0.250. The van der Waals surface area contributed by atoms with Gasteiger partial charge < -0.3 is 5.01 Å². The zero-order valence-electron chi connectivity index (χ0n) is 6.64. The molecule has 1 aromatic heterocycles. The van der Waals surface area contributed by atoms with Gasteiger partial charge >= 0.3 is 0 Å². The number of anilines is 1. The molecule has 0 saturated heterocycles. The molecule has 1 heterocycles. The van der Waals surface area contributed by atoms with E-state index in [9.17, 15) is 0 Å². The maximum absolute atomic E-state index is 8.32. The first-order valence-electron chi connectivity index (χ1n) is 3.64. The predicted molar refractivity (Wildman–Crippen MR) is 46.0 cm³/mol. The van der Waals surface area contributed by atoms with E-state index in [1.807, 2.05) is 6.07 Å². The van der Waals surface area contributed by atoms with E-state index < -0.39 is 0 Å². The summed E-state index contributed by atoms with van der Waals surface area (Å²) >= 11 is 0. The fourth-order valence-electron chi connectivity index (χ4n) is 0.835. The number of nitrogens with two attached hydrogens (primary N) is 1. The Morgan fingerprint density at radius 1 is 1.50 bits per heavy atom. The van der Waals surface area contributed by atoms with E-state index in [-0.39, 0.29) is 0 Å². The molecule has 0 fully saturated rings. The number of rotatable bonds is 3. The molecule has 0 aliphatic rings. The van der Waals surface area contributed by atoms with Crippen LogP contribution in [0.1, 0.15) is 6.42 Å². The van der Waals surface area contributed by atoms with E-state index in [2.05, 4.69) is 4.98 Å². The van der Waals surface area contributed by atoms with Crippen LogP contribution in [0.4, 0.5) is 5.69 Å². The molecule has 4 heteroatoms. The van der Waals surface area contributed by atoms with Crippen molar-refractivity contribution in [3.8, 4) is 6.07 Å². The molecule has 0 radical (unpaired) electrons. The quantitative estimate of drug-likeness (QED) is 0.524. The SMILES string of the molecule is N#CCCN(N)c1ccncc1. The molecule has 0 bridgehead atoms. The first kappa shape index (κ1) is 8.50. The molecule has 0 atom stereocenters. The lowest BCUT2D eigenvalue weighted by atomic mass is 10.3. The summed E-state index contributed by atoms with van der Waals surface area (Å²) in [6.07, 6.45) is 3.77. The molecule has 2 N–H and O–H groups in total. The van der Waals surface area contributed by atoms with E-state index >= 15 is 0 Å². The summed E-state index contributed by atoms with van der Waals surface area (Å²) in [5.74, 6) is 5.64. The van der Waals surface area contributed by atoms with Crippen LogP contribution < -0.4 is 10.9 Å². The van der Waals surface area contributed by atoms with Gasteiger partial charge in [-0.15, -0.1) is 0 Å². The Kier molecular flexibility index (Phi) is 3.05. The molecule has 1 aromatic rings. The van der Waals surface area contributed by atoms with Gasteiger partial charge in [0.2, 0.25) is 0 Å².